The molecule has 1 aliphatic rings. The van der Waals surface area contributed by atoms with E-state index in [0.717, 1.165) is 0 Å². The second-order valence-corrected chi connectivity index (χ2v) is 5.92. The zero-order valence-electron chi connectivity index (χ0n) is 14.2. The van der Waals surface area contributed by atoms with Crippen LogP contribution in [-0.4, -0.2) is 26.0 Å². The van der Waals surface area contributed by atoms with Crippen molar-refractivity contribution in [1.82, 2.24) is 0 Å². The number of para-hydroxylation sites is 1. The van der Waals surface area contributed by atoms with E-state index in [0.29, 0.717) is 35.7 Å². The normalized spacial score (nSPS) is 14.3. The smallest absolute Gasteiger partial charge is 0.240 e. The fourth-order valence-corrected chi connectivity index (χ4v) is 2.61. The summed E-state index contributed by atoms with van der Waals surface area (Å²) in [5.41, 5.74) is 0.111. The molecule has 2 aromatic carbocycles. The van der Waals surface area contributed by atoms with Crippen molar-refractivity contribution in [1.29, 1.82) is 0 Å². The average molecular weight is 340 g/mol. The zero-order valence-corrected chi connectivity index (χ0v) is 14.2. The molecule has 0 radical (unpaired) electrons. The molecule has 0 spiro atoms. The molecule has 0 bridgehead atoms. The van der Waals surface area contributed by atoms with Gasteiger partial charge in [0.15, 0.2) is 0 Å². The topological polar surface area (TPSA) is 76.7 Å². The van der Waals surface area contributed by atoms with Gasteiger partial charge >= 0.3 is 0 Å². The second-order valence-electron chi connectivity index (χ2n) is 5.92. The Morgan fingerprint density at radius 1 is 0.920 bits per heavy atom. The predicted octanol–water partition coefficient (Wildman–Crippen LogP) is 3.06. The highest BCUT2D eigenvalue weighted by Crippen LogP contribution is 2.48. The van der Waals surface area contributed by atoms with Gasteiger partial charge in [-0.25, -0.2) is 0 Å². The van der Waals surface area contributed by atoms with Gasteiger partial charge in [-0.15, -0.1) is 0 Å². The number of nitrogens with one attached hydrogen (secondary N) is 2. The van der Waals surface area contributed by atoms with E-state index in [1.54, 1.807) is 37.4 Å². The van der Waals surface area contributed by atoms with Crippen molar-refractivity contribution < 1.29 is 19.1 Å². The Kier molecular flexibility index (Phi) is 4.61. The lowest BCUT2D eigenvalue weighted by Crippen LogP contribution is -2.35. The fraction of sp³-hybridized carbons (Fsp3) is 0.263. The molecule has 2 amide bonds. The van der Waals surface area contributed by atoms with Crippen LogP contribution in [0.15, 0.2) is 48.5 Å². The molecule has 0 atom stereocenters. The van der Waals surface area contributed by atoms with Crippen LogP contribution < -0.4 is 20.1 Å². The molecular formula is C19H20N2O4. The molecule has 0 heterocycles. The van der Waals surface area contributed by atoms with Crippen LogP contribution in [0.2, 0.25) is 0 Å². The summed E-state index contributed by atoms with van der Waals surface area (Å²) in [5.74, 6) is 0.466. The lowest BCUT2D eigenvalue weighted by molar-refractivity contribution is -0.131. The highest BCUT2D eigenvalue weighted by Gasteiger charge is 2.56. The molecule has 6 nitrogen and oxygen atoms in total. The minimum absolute atomic E-state index is 0.293. The number of benzene rings is 2. The van der Waals surface area contributed by atoms with E-state index in [2.05, 4.69) is 10.6 Å². The van der Waals surface area contributed by atoms with Crippen LogP contribution in [0.3, 0.4) is 0 Å². The summed E-state index contributed by atoms with van der Waals surface area (Å²) in [6, 6.07) is 14.2. The molecule has 0 saturated heterocycles. The first-order chi connectivity index (χ1) is 12.1. The third-order valence-electron chi connectivity index (χ3n) is 4.31. The summed E-state index contributed by atoms with van der Waals surface area (Å²) in [5, 5.41) is 5.61. The number of amides is 2. The number of hydrogen-bond acceptors (Lipinski definition) is 4. The molecule has 1 saturated carbocycles. The molecule has 0 unspecified atom stereocenters. The van der Waals surface area contributed by atoms with Gasteiger partial charge in [-0.2, -0.15) is 0 Å². The second kappa shape index (κ2) is 6.84. The van der Waals surface area contributed by atoms with Gasteiger partial charge in [0.25, 0.3) is 0 Å². The molecule has 6 heteroatoms. The fourth-order valence-electron chi connectivity index (χ4n) is 2.61. The number of carbonyl (C=O) groups is 2. The molecule has 2 N–H and O–H groups in total. The van der Waals surface area contributed by atoms with Crippen molar-refractivity contribution in [3.05, 3.63) is 48.5 Å². The molecule has 130 valence electrons. The van der Waals surface area contributed by atoms with E-state index >= 15 is 0 Å². The summed E-state index contributed by atoms with van der Waals surface area (Å²) >= 11 is 0. The van der Waals surface area contributed by atoms with Gasteiger partial charge in [0.1, 0.15) is 16.9 Å². The predicted molar refractivity (Wildman–Crippen MR) is 94.9 cm³/mol. The first kappa shape index (κ1) is 16.8. The Labute approximate surface area is 146 Å². The Hall–Kier alpha value is -3.02. The molecule has 25 heavy (non-hydrogen) atoms. The third kappa shape index (κ3) is 3.42. The van der Waals surface area contributed by atoms with Crippen molar-refractivity contribution in [2.75, 3.05) is 24.9 Å². The third-order valence-corrected chi connectivity index (χ3v) is 4.31. The van der Waals surface area contributed by atoms with Crippen LogP contribution in [0, 0.1) is 5.41 Å². The average Bonchev–Trinajstić information content (AvgIpc) is 3.44. The molecule has 0 aliphatic heterocycles. The highest BCUT2D eigenvalue weighted by atomic mass is 16.5. The van der Waals surface area contributed by atoms with E-state index in [9.17, 15) is 9.59 Å². The quantitative estimate of drug-likeness (QED) is 0.793. The van der Waals surface area contributed by atoms with Gasteiger partial charge < -0.3 is 20.1 Å². The summed E-state index contributed by atoms with van der Waals surface area (Å²) < 4.78 is 10.4. The van der Waals surface area contributed by atoms with Gasteiger partial charge in [0.05, 0.1) is 19.9 Å². The SMILES string of the molecule is COc1ccc(OC)c(NC(=O)C2(C(=O)Nc3ccccc3)CC2)c1. The van der Waals surface area contributed by atoms with Crippen molar-refractivity contribution in [2.45, 2.75) is 12.8 Å². The Morgan fingerprint density at radius 3 is 2.20 bits per heavy atom. The van der Waals surface area contributed by atoms with Crippen LogP contribution in [0.25, 0.3) is 0 Å². The lowest BCUT2D eigenvalue weighted by atomic mass is 10.0. The maximum absolute atomic E-state index is 12.7. The van der Waals surface area contributed by atoms with E-state index < -0.39 is 5.41 Å². The minimum Gasteiger partial charge on any atom is -0.497 e. The maximum Gasteiger partial charge on any atom is 0.240 e. The Balaban J connectivity index is 1.75. The van der Waals surface area contributed by atoms with E-state index in [4.69, 9.17) is 9.47 Å². The molecule has 3 rings (SSSR count). The van der Waals surface area contributed by atoms with Crippen LogP contribution in [0.4, 0.5) is 11.4 Å². The minimum atomic E-state index is -1.04. The maximum atomic E-state index is 12.7. The number of hydrogen-bond donors (Lipinski definition) is 2. The zero-order chi connectivity index (χ0) is 17.9. The van der Waals surface area contributed by atoms with E-state index in [1.807, 2.05) is 18.2 Å². The summed E-state index contributed by atoms with van der Waals surface area (Å²) in [4.78, 5) is 25.3. The standard InChI is InChI=1S/C19H20N2O4/c1-24-14-8-9-16(25-2)15(12-14)21-18(23)19(10-11-19)17(22)20-13-6-4-3-5-7-13/h3-9,12H,10-11H2,1-2H3,(H,20,22)(H,21,23). The molecule has 1 aliphatic carbocycles. The Bertz CT molecular complexity index is 785. The van der Waals surface area contributed by atoms with Crippen molar-refractivity contribution in [3.63, 3.8) is 0 Å². The number of carbonyl (C=O) groups excluding carboxylic acids is 2. The summed E-state index contributed by atoms with van der Waals surface area (Å²) in [6.45, 7) is 0. The van der Waals surface area contributed by atoms with E-state index in [1.165, 1.54) is 7.11 Å². The Morgan fingerprint density at radius 2 is 1.60 bits per heavy atom. The largest absolute Gasteiger partial charge is 0.497 e. The van der Waals surface area contributed by atoms with Crippen molar-refractivity contribution >= 4 is 23.2 Å². The molecule has 0 aromatic heterocycles. The van der Waals surface area contributed by atoms with Gasteiger partial charge in [0.2, 0.25) is 11.8 Å². The van der Waals surface area contributed by atoms with Crippen LogP contribution in [0.1, 0.15) is 12.8 Å². The number of rotatable bonds is 6. The van der Waals surface area contributed by atoms with Gasteiger partial charge in [-0.05, 0) is 37.1 Å². The molecular weight excluding hydrogens is 320 g/mol. The van der Waals surface area contributed by atoms with Crippen molar-refractivity contribution in [2.24, 2.45) is 5.41 Å². The van der Waals surface area contributed by atoms with E-state index in [-0.39, 0.29) is 11.8 Å². The van der Waals surface area contributed by atoms with Crippen LogP contribution in [0.5, 0.6) is 11.5 Å². The van der Waals surface area contributed by atoms with Gasteiger partial charge in [-0.3, -0.25) is 9.59 Å². The van der Waals surface area contributed by atoms with Crippen molar-refractivity contribution in [3.8, 4) is 11.5 Å². The van der Waals surface area contributed by atoms with Gasteiger partial charge in [-0.1, -0.05) is 18.2 Å². The first-order valence-corrected chi connectivity index (χ1v) is 7.99. The number of anilines is 2. The lowest BCUT2D eigenvalue weighted by Gasteiger charge is -2.17. The summed E-state index contributed by atoms with van der Waals surface area (Å²) in [6.07, 6.45) is 1.04. The molecule has 1 fully saturated rings. The number of ether oxygens (including phenoxy) is 2. The number of methoxy groups -OCH3 is 2. The molecule has 2 aromatic rings. The van der Waals surface area contributed by atoms with Gasteiger partial charge in [0, 0.05) is 11.8 Å². The highest BCUT2D eigenvalue weighted by molar-refractivity contribution is 6.17. The van der Waals surface area contributed by atoms with Crippen LogP contribution >= 0.6 is 0 Å². The monoisotopic (exact) mass is 340 g/mol. The van der Waals surface area contributed by atoms with Crippen LogP contribution in [-0.2, 0) is 9.59 Å². The first-order valence-electron chi connectivity index (χ1n) is 7.99. The summed E-state index contributed by atoms with van der Waals surface area (Å²) in [7, 11) is 3.07.